The monoisotopic (exact) mass is 258 g/mol. The van der Waals surface area contributed by atoms with Gasteiger partial charge in [-0.1, -0.05) is 25.5 Å². The molecule has 0 aromatic heterocycles. The molecule has 2 heteroatoms. The van der Waals surface area contributed by atoms with E-state index in [0.29, 0.717) is 0 Å². The van der Waals surface area contributed by atoms with E-state index in [4.69, 9.17) is 0 Å². The Kier molecular flexibility index (Phi) is 4.07. The second-order valence-corrected chi connectivity index (χ2v) is 6.11. The first-order chi connectivity index (χ1) is 9.36. The molecule has 0 bridgehead atoms. The van der Waals surface area contributed by atoms with Crippen molar-refractivity contribution in [3.05, 3.63) is 29.8 Å². The quantitative estimate of drug-likeness (QED) is 0.892. The normalized spacial score (nSPS) is 24.3. The van der Waals surface area contributed by atoms with Gasteiger partial charge in [-0.05, 0) is 55.8 Å². The van der Waals surface area contributed by atoms with Crippen LogP contribution in [-0.2, 0) is 6.42 Å². The summed E-state index contributed by atoms with van der Waals surface area (Å²) in [7, 11) is 0. The van der Waals surface area contributed by atoms with Crippen molar-refractivity contribution in [3.8, 4) is 0 Å². The molecule has 19 heavy (non-hydrogen) atoms. The molecule has 1 aromatic carbocycles. The molecule has 2 nitrogen and oxygen atoms in total. The van der Waals surface area contributed by atoms with E-state index in [2.05, 4.69) is 41.4 Å². The number of aryl methyl sites for hydroxylation is 1. The minimum Gasteiger partial charge on any atom is -0.370 e. The van der Waals surface area contributed by atoms with Gasteiger partial charge in [0.25, 0.3) is 0 Å². The average molecular weight is 258 g/mol. The third-order valence-corrected chi connectivity index (χ3v) is 4.46. The van der Waals surface area contributed by atoms with Gasteiger partial charge in [0.1, 0.15) is 0 Å². The first kappa shape index (κ1) is 13.0. The molecule has 1 aliphatic heterocycles. The van der Waals surface area contributed by atoms with Crippen LogP contribution >= 0.6 is 0 Å². The fourth-order valence-electron chi connectivity index (χ4n) is 3.16. The largest absolute Gasteiger partial charge is 0.370 e. The minimum atomic E-state index is 0.720. The molecule has 1 aromatic rings. The molecule has 0 spiro atoms. The van der Waals surface area contributed by atoms with Crippen LogP contribution < -0.4 is 10.2 Å². The number of nitrogens with zero attached hydrogens (tertiary/aromatic N) is 1. The first-order valence-corrected chi connectivity index (χ1v) is 7.94. The van der Waals surface area contributed by atoms with Crippen molar-refractivity contribution < 1.29 is 0 Å². The Morgan fingerprint density at radius 2 is 2.00 bits per heavy atom. The van der Waals surface area contributed by atoms with E-state index in [9.17, 15) is 0 Å². The molecule has 1 atom stereocenters. The summed E-state index contributed by atoms with van der Waals surface area (Å²) in [5.74, 6) is 0.944. The van der Waals surface area contributed by atoms with Gasteiger partial charge in [-0.3, -0.25) is 0 Å². The summed E-state index contributed by atoms with van der Waals surface area (Å²) in [6.45, 7) is 5.82. The molecular weight excluding hydrogens is 232 g/mol. The highest BCUT2D eigenvalue weighted by Crippen LogP contribution is 2.34. The highest BCUT2D eigenvalue weighted by molar-refractivity contribution is 5.48. The summed E-state index contributed by atoms with van der Waals surface area (Å²) >= 11 is 0. The van der Waals surface area contributed by atoms with Crippen LogP contribution in [0.15, 0.2) is 24.3 Å². The Hall–Kier alpha value is -1.02. The molecule has 1 N–H and O–H groups in total. The number of anilines is 1. The van der Waals surface area contributed by atoms with Gasteiger partial charge in [0.05, 0.1) is 0 Å². The second-order valence-electron chi connectivity index (χ2n) is 6.11. The van der Waals surface area contributed by atoms with Crippen molar-refractivity contribution in [2.75, 3.05) is 24.5 Å². The lowest BCUT2D eigenvalue weighted by atomic mass is 10.1. The van der Waals surface area contributed by atoms with Crippen LogP contribution in [0.1, 0.15) is 38.2 Å². The van der Waals surface area contributed by atoms with E-state index in [1.54, 1.807) is 0 Å². The highest BCUT2D eigenvalue weighted by atomic mass is 15.2. The predicted molar refractivity (Wildman–Crippen MR) is 81.8 cm³/mol. The van der Waals surface area contributed by atoms with Gasteiger partial charge in [-0.2, -0.15) is 0 Å². The highest BCUT2D eigenvalue weighted by Gasteiger charge is 2.33. The number of nitrogens with one attached hydrogen (secondary N) is 1. The maximum atomic E-state index is 3.73. The Bertz CT molecular complexity index is 394. The molecule has 0 radical (unpaired) electrons. The lowest BCUT2D eigenvalue weighted by Crippen LogP contribution is -2.39. The van der Waals surface area contributed by atoms with E-state index < -0.39 is 0 Å². The average Bonchev–Trinajstić information content (AvgIpc) is 3.26. The standard InChI is InChI=1S/C17H26N2/c1-2-4-14-5-9-16(10-6-14)19-12-3-11-18-17(13-19)15-7-8-15/h5-6,9-10,15,17-18H,2-4,7-8,11-13H2,1H3. The van der Waals surface area contributed by atoms with E-state index in [1.165, 1.54) is 63.0 Å². The number of hydrogen-bond donors (Lipinski definition) is 1. The van der Waals surface area contributed by atoms with Gasteiger partial charge in [-0.15, -0.1) is 0 Å². The van der Waals surface area contributed by atoms with Crippen LogP contribution in [0.4, 0.5) is 5.69 Å². The van der Waals surface area contributed by atoms with Crippen LogP contribution in [-0.4, -0.2) is 25.7 Å². The molecule has 2 fully saturated rings. The third kappa shape index (κ3) is 3.30. The molecule has 2 aliphatic rings. The Labute approximate surface area is 117 Å². The summed E-state index contributed by atoms with van der Waals surface area (Å²) < 4.78 is 0. The fraction of sp³-hybridized carbons (Fsp3) is 0.647. The fourth-order valence-corrected chi connectivity index (χ4v) is 3.16. The summed E-state index contributed by atoms with van der Waals surface area (Å²) in [4.78, 5) is 2.58. The molecule has 1 saturated carbocycles. The Morgan fingerprint density at radius 3 is 2.68 bits per heavy atom. The van der Waals surface area contributed by atoms with Crippen molar-refractivity contribution in [1.29, 1.82) is 0 Å². The molecule has 3 rings (SSSR count). The van der Waals surface area contributed by atoms with Crippen LogP contribution in [0.25, 0.3) is 0 Å². The lowest BCUT2D eigenvalue weighted by molar-refractivity contribution is 0.490. The second kappa shape index (κ2) is 5.96. The summed E-state index contributed by atoms with van der Waals surface area (Å²) in [6, 6.07) is 9.98. The van der Waals surface area contributed by atoms with E-state index in [-0.39, 0.29) is 0 Å². The maximum absolute atomic E-state index is 3.73. The van der Waals surface area contributed by atoms with Gasteiger partial charge in [0.2, 0.25) is 0 Å². The van der Waals surface area contributed by atoms with Gasteiger partial charge in [0, 0.05) is 24.8 Å². The van der Waals surface area contributed by atoms with Crippen LogP contribution in [0, 0.1) is 5.92 Å². The van der Waals surface area contributed by atoms with Gasteiger partial charge >= 0.3 is 0 Å². The smallest absolute Gasteiger partial charge is 0.0366 e. The zero-order valence-electron chi connectivity index (χ0n) is 12.1. The van der Waals surface area contributed by atoms with Gasteiger partial charge in [0.15, 0.2) is 0 Å². The topological polar surface area (TPSA) is 15.3 Å². The molecular formula is C17H26N2. The lowest BCUT2D eigenvalue weighted by Gasteiger charge is -2.26. The number of rotatable bonds is 4. The SMILES string of the molecule is CCCc1ccc(N2CCCNC(C3CC3)C2)cc1. The van der Waals surface area contributed by atoms with E-state index in [1.807, 2.05) is 0 Å². The zero-order valence-corrected chi connectivity index (χ0v) is 12.1. The van der Waals surface area contributed by atoms with Crippen LogP contribution in [0.2, 0.25) is 0 Å². The van der Waals surface area contributed by atoms with Gasteiger partial charge in [-0.25, -0.2) is 0 Å². The molecule has 104 valence electrons. The third-order valence-electron chi connectivity index (χ3n) is 4.46. The van der Waals surface area contributed by atoms with Crippen molar-refractivity contribution in [3.63, 3.8) is 0 Å². The van der Waals surface area contributed by atoms with E-state index >= 15 is 0 Å². The summed E-state index contributed by atoms with van der Waals surface area (Å²) in [5.41, 5.74) is 2.88. The maximum Gasteiger partial charge on any atom is 0.0366 e. The van der Waals surface area contributed by atoms with Gasteiger partial charge < -0.3 is 10.2 Å². The Morgan fingerprint density at radius 1 is 1.21 bits per heavy atom. The van der Waals surface area contributed by atoms with Crippen LogP contribution in [0.3, 0.4) is 0 Å². The molecule has 1 unspecified atom stereocenters. The Balaban J connectivity index is 1.68. The molecule has 1 saturated heterocycles. The zero-order chi connectivity index (χ0) is 13.1. The van der Waals surface area contributed by atoms with Crippen molar-refractivity contribution in [2.45, 2.75) is 45.1 Å². The summed E-state index contributed by atoms with van der Waals surface area (Å²) in [5, 5.41) is 3.73. The molecule has 1 heterocycles. The predicted octanol–water partition coefficient (Wildman–Crippen LogP) is 3.22. The minimum absolute atomic E-state index is 0.720. The van der Waals surface area contributed by atoms with Crippen molar-refractivity contribution >= 4 is 5.69 Å². The van der Waals surface area contributed by atoms with Crippen LogP contribution in [0.5, 0.6) is 0 Å². The van der Waals surface area contributed by atoms with Crippen molar-refractivity contribution in [2.24, 2.45) is 5.92 Å². The number of benzene rings is 1. The molecule has 1 aliphatic carbocycles. The first-order valence-electron chi connectivity index (χ1n) is 7.94. The number of hydrogen-bond acceptors (Lipinski definition) is 2. The van der Waals surface area contributed by atoms with E-state index in [0.717, 1.165) is 12.0 Å². The molecule has 0 amide bonds. The summed E-state index contributed by atoms with van der Waals surface area (Å²) in [6.07, 6.45) is 6.56. The van der Waals surface area contributed by atoms with Crippen molar-refractivity contribution in [1.82, 2.24) is 5.32 Å².